The van der Waals surface area contributed by atoms with E-state index in [0.717, 1.165) is 91.6 Å². The number of benzene rings is 2. The van der Waals surface area contributed by atoms with Crippen molar-refractivity contribution in [2.45, 2.75) is 50.9 Å². The summed E-state index contributed by atoms with van der Waals surface area (Å²) in [5, 5.41) is 21.2. The highest BCUT2D eigenvalue weighted by molar-refractivity contribution is 7.19. The number of aryl methyl sites for hydroxylation is 1. The number of thiazole rings is 1. The molecule has 2 saturated heterocycles. The van der Waals surface area contributed by atoms with E-state index < -0.39 is 18.1 Å². The zero-order valence-electron chi connectivity index (χ0n) is 30.9. The van der Waals surface area contributed by atoms with E-state index in [4.69, 9.17) is 15.1 Å². The van der Waals surface area contributed by atoms with E-state index in [1.54, 1.807) is 24.5 Å². The Labute approximate surface area is 323 Å². The van der Waals surface area contributed by atoms with Crippen molar-refractivity contribution < 1.29 is 18.7 Å². The molecule has 5 heterocycles. The summed E-state index contributed by atoms with van der Waals surface area (Å²) < 4.78 is 20.5. The monoisotopic (exact) mass is 767 g/mol. The van der Waals surface area contributed by atoms with Gasteiger partial charge >= 0.3 is 0 Å². The zero-order valence-corrected chi connectivity index (χ0v) is 31.7. The number of nitrogens with zero attached hydrogens (tertiary/aromatic N) is 6. The van der Waals surface area contributed by atoms with Crippen molar-refractivity contribution in [3.05, 3.63) is 71.8 Å². The lowest BCUT2D eigenvalue weighted by Crippen LogP contribution is -2.53. The normalized spacial score (nSPS) is 18.0. The van der Waals surface area contributed by atoms with Gasteiger partial charge < -0.3 is 40.7 Å². The maximum Gasteiger partial charge on any atom is 0.219 e. The van der Waals surface area contributed by atoms with Gasteiger partial charge in [-0.1, -0.05) is 11.3 Å². The van der Waals surface area contributed by atoms with Crippen LogP contribution in [0.15, 0.2) is 59.8 Å². The molecule has 0 bridgehead atoms. The number of piperidine rings is 1. The van der Waals surface area contributed by atoms with Crippen LogP contribution < -0.4 is 35.9 Å². The van der Waals surface area contributed by atoms with Crippen molar-refractivity contribution >= 4 is 64.0 Å². The van der Waals surface area contributed by atoms with Crippen LogP contribution in [0.1, 0.15) is 43.2 Å². The van der Waals surface area contributed by atoms with Gasteiger partial charge in [-0.25, -0.2) is 14.4 Å². The summed E-state index contributed by atoms with van der Waals surface area (Å²) in [6.07, 6.45) is 7.32. The van der Waals surface area contributed by atoms with Crippen molar-refractivity contribution in [1.29, 1.82) is 5.41 Å². The van der Waals surface area contributed by atoms with E-state index in [2.05, 4.69) is 58.3 Å². The van der Waals surface area contributed by atoms with Crippen LogP contribution in [0.25, 0.3) is 10.4 Å². The van der Waals surface area contributed by atoms with Crippen LogP contribution in [0, 0.1) is 18.2 Å². The molecule has 2 fully saturated rings. The zero-order chi connectivity index (χ0) is 38.3. The number of carbonyl (C=O) groups excluding carboxylic acids is 2. The largest absolute Gasteiger partial charge is 0.462 e. The minimum atomic E-state index is -0.668. The second-order valence-electron chi connectivity index (χ2n) is 13.8. The Bertz CT molecular complexity index is 2010. The Morgan fingerprint density at radius 2 is 1.89 bits per heavy atom. The smallest absolute Gasteiger partial charge is 0.219 e. The molecule has 288 valence electrons. The van der Waals surface area contributed by atoms with Crippen LogP contribution in [0.2, 0.25) is 0 Å². The Balaban J connectivity index is 0.904. The molecule has 16 heteroatoms. The molecule has 2 aromatic carbocycles. The first-order valence-electron chi connectivity index (χ1n) is 18.6. The molecule has 2 unspecified atom stereocenters. The molecule has 1 amide bonds. The summed E-state index contributed by atoms with van der Waals surface area (Å²) >= 11 is 1.66. The van der Waals surface area contributed by atoms with Gasteiger partial charge in [0.25, 0.3) is 0 Å². The molecule has 0 spiro atoms. The van der Waals surface area contributed by atoms with Gasteiger partial charge in [0.05, 0.1) is 28.5 Å². The second-order valence-corrected chi connectivity index (χ2v) is 14.8. The molecule has 0 aliphatic carbocycles. The molecule has 0 saturated carbocycles. The quantitative estimate of drug-likeness (QED) is 0.0626. The van der Waals surface area contributed by atoms with Gasteiger partial charge in [-0.2, -0.15) is 5.10 Å². The molecule has 7 rings (SSSR count). The lowest BCUT2D eigenvalue weighted by Gasteiger charge is -2.43. The van der Waals surface area contributed by atoms with Crippen molar-refractivity contribution in [1.82, 2.24) is 20.2 Å². The van der Waals surface area contributed by atoms with Crippen molar-refractivity contribution in [3.63, 3.8) is 0 Å². The molecule has 0 radical (unpaired) electrons. The number of aromatic nitrogens is 2. The molecule has 3 aliphatic heterocycles. The fourth-order valence-electron chi connectivity index (χ4n) is 7.31. The van der Waals surface area contributed by atoms with Crippen LogP contribution in [-0.4, -0.2) is 97.9 Å². The third kappa shape index (κ3) is 8.86. The Kier molecular flexibility index (Phi) is 11.8. The number of aldehydes is 1. The number of hydrazone groups is 1. The lowest BCUT2D eigenvalue weighted by molar-refractivity contribution is -0.120. The molecule has 3 aliphatic rings. The summed E-state index contributed by atoms with van der Waals surface area (Å²) in [4.78, 5) is 41.2. The summed E-state index contributed by atoms with van der Waals surface area (Å²) in [7, 11) is 1.60. The maximum absolute atomic E-state index is 14.2. The molecule has 4 aromatic rings. The highest BCUT2D eigenvalue weighted by Gasteiger charge is 2.31. The van der Waals surface area contributed by atoms with Gasteiger partial charge in [0.2, 0.25) is 5.91 Å². The fourth-order valence-corrected chi connectivity index (χ4v) is 8.41. The number of hydrogen-bond acceptors (Lipinski definition) is 14. The average Bonchev–Trinajstić information content (AvgIpc) is 3.83. The van der Waals surface area contributed by atoms with Crippen LogP contribution in [0.5, 0.6) is 5.75 Å². The number of rotatable bonds is 14. The predicted octanol–water partition coefficient (Wildman–Crippen LogP) is 5.50. The van der Waals surface area contributed by atoms with E-state index in [1.807, 2.05) is 31.3 Å². The molecular weight excluding hydrogens is 722 g/mol. The van der Waals surface area contributed by atoms with Crippen molar-refractivity contribution in [2.24, 2.45) is 5.10 Å². The molecular formula is C39H46FN11O3S. The first kappa shape index (κ1) is 37.7. The van der Waals surface area contributed by atoms with Crippen molar-refractivity contribution in [3.8, 4) is 16.2 Å². The summed E-state index contributed by atoms with van der Waals surface area (Å²) in [5.74, 6) is 0.668. The average molecular weight is 768 g/mol. The first-order valence-corrected chi connectivity index (χ1v) is 19.4. The Morgan fingerprint density at radius 1 is 1.11 bits per heavy atom. The molecule has 14 nitrogen and oxygen atoms in total. The Morgan fingerprint density at radius 3 is 2.62 bits per heavy atom. The third-order valence-electron chi connectivity index (χ3n) is 10.3. The number of halogens is 1. The van der Waals surface area contributed by atoms with E-state index in [-0.39, 0.29) is 5.91 Å². The van der Waals surface area contributed by atoms with E-state index in [9.17, 15) is 14.0 Å². The minimum absolute atomic E-state index is 0.0744. The predicted molar refractivity (Wildman–Crippen MR) is 217 cm³/mol. The van der Waals surface area contributed by atoms with Crippen LogP contribution in [0.3, 0.4) is 0 Å². The highest BCUT2D eigenvalue weighted by atomic mass is 32.1. The molecule has 2 aromatic heterocycles. The number of nitrogens with one attached hydrogen (secondary N) is 5. The third-order valence-corrected chi connectivity index (χ3v) is 11.6. The van der Waals surface area contributed by atoms with E-state index in [0.29, 0.717) is 41.7 Å². The maximum atomic E-state index is 14.2. The first-order chi connectivity index (χ1) is 26.8. The minimum Gasteiger partial charge on any atom is -0.462 e. The van der Waals surface area contributed by atoms with Crippen molar-refractivity contribution in [2.75, 3.05) is 72.2 Å². The lowest BCUT2D eigenvalue weighted by atomic mass is 10.0. The number of anilines is 5. The summed E-state index contributed by atoms with van der Waals surface area (Å²) in [6.45, 7) is 7.81. The number of piperazine rings is 1. The molecule has 5 N–H and O–H groups in total. The standard InChI is InChI=1S/C39H46FN11O3S/c1-25-36(26-21-34-37(43-23-26)47-38(54-34)32-22-27(40)3-9-33(32)48-44-14-13-41)55-39(45-25)51-19-17-50(18-20-51)31-11-15-49(16-12-31)30-7-4-28(5-8-30)46-29(24-52)6-10-35(53)42-2/h3-5,7-9,13-14,21-24,29,31,38,41,46,48H,6,10-12,15-20H2,1-2H3,(H,42,53)(H,43,47)/b41-13?,44-14-. The summed E-state index contributed by atoms with van der Waals surface area (Å²) in [6, 6.07) is 14.6. The van der Waals surface area contributed by atoms with E-state index in [1.165, 1.54) is 24.0 Å². The Hall–Kier alpha value is -5.61. The van der Waals surface area contributed by atoms with Gasteiger partial charge in [-0.05, 0) is 74.7 Å². The second kappa shape index (κ2) is 17.2. The number of pyridine rings is 1. The summed E-state index contributed by atoms with van der Waals surface area (Å²) in [5.41, 5.74) is 7.83. The number of carbonyl (C=O) groups is 2. The molecule has 55 heavy (non-hydrogen) atoms. The number of hydrogen-bond donors (Lipinski definition) is 5. The molecule has 2 atom stereocenters. The van der Waals surface area contributed by atoms with Gasteiger partial charge in [-0.3, -0.25) is 15.1 Å². The number of ether oxygens (including phenoxy) is 1. The van der Waals surface area contributed by atoms with Crippen LogP contribution in [-0.2, 0) is 9.59 Å². The SMILES string of the molecule is CNC(=O)CCC(C=O)Nc1ccc(N2CCC(N3CCN(c4nc(C)c(-c5cnc6c(c5)OC(c5cc(F)ccc5N/N=C\C=N)N6)s4)CC3)CC2)cc1. The number of amides is 1. The van der Waals surface area contributed by atoms with Gasteiger partial charge in [0.1, 0.15) is 12.1 Å². The fraction of sp³-hybridized carbons (Fsp3) is 0.385. The highest BCUT2D eigenvalue weighted by Crippen LogP contribution is 2.43. The van der Waals surface area contributed by atoms with Crippen LogP contribution in [0.4, 0.5) is 32.4 Å². The number of fused-ring (bicyclic) bond motifs is 1. The van der Waals surface area contributed by atoms with Crippen LogP contribution >= 0.6 is 11.3 Å². The topological polar surface area (TPSA) is 163 Å². The van der Waals surface area contributed by atoms with Gasteiger partial charge in [0, 0.05) is 93.7 Å². The van der Waals surface area contributed by atoms with E-state index >= 15 is 0 Å². The van der Waals surface area contributed by atoms with Gasteiger partial charge in [-0.15, -0.1) is 0 Å². The van der Waals surface area contributed by atoms with Gasteiger partial charge in [0.15, 0.2) is 22.9 Å².